The Bertz CT molecular complexity index is 241. The number of ether oxygens (including phenoxy) is 1. The minimum Gasteiger partial charge on any atom is -0.497 e. The molecule has 12 heavy (non-hydrogen) atoms. The van der Waals surface area contributed by atoms with E-state index in [-0.39, 0.29) is 9.52 Å². The van der Waals surface area contributed by atoms with Gasteiger partial charge in [-0.05, 0) is 18.2 Å². The standard InChI is InChI=1S/C10H14OSi/c1-3-12-8-9-4-6-10(11-2)7-5-9/h3-7H,1,8,12H2,2H3. The summed E-state index contributed by atoms with van der Waals surface area (Å²) in [7, 11) is 1.62. The molecule has 0 fully saturated rings. The summed E-state index contributed by atoms with van der Waals surface area (Å²) in [6, 6.07) is 9.46. The molecule has 64 valence electrons. The van der Waals surface area contributed by atoms with E-state index in [1.807, 2.05) is 12.1 Å². The van der Waals surface area contributed by atoms with Gasteiger partial charge in [-0.25, -0.2) is 0 Å². The summed E-state index contributed by atoms with van der Waals surface area (Å²) in [5.41, 5.74) is 3.46. The van der Waals surface area contributed by atoms with E-state index in [0.29, 0.717) is 0 Å². The Morgan fingerprint density at radius 3 is 2.58 bits per heavy atom. The van der Waals surface area contributed by atoms with Crippen molar-refractivity contribution in [3.8, 4) is 5.75 Å². The molecule has 0 atom stereocenters. The molecule has 0 aliphatic rings. The van der Waals surface area contributed by atoms with Gasteiger partial charge >= 0.3 is 0 Å². The average Bonchev–Trinajstić information content (AvgIpc) is 2.15. The lowest BCUT2D eigenvalue weighted by molar-refractivity contribution is 0.414. The van der Waals surface area contributed by atoms with Crippen molar-refractivity contribution in [2.24, 2.45) is 0 Å². The van der Waals surface area contributed by atoms with Gasteiger partial charge in [0.1, 0.15) is 5.75 Å². The van der Waals surface area contributed by atoms with Gasteiger partial charge in [0.15, 0.2) is 0 Å². The van der Waals surface area contributed by atoms with E-state index >= 15 is 0 Å². The third kappa shape index (κ3) is 2.55. The second-order valence-corrected chi connectivity index (χ2v) is 4.33. The first-order valence-electron chi connectivity index (χ1n) is 4.10. The second kappa shape index (κ2) is 4.77. The molecule has 0 radical (unpaired) electrons. The third-order valence-electron chi connectivity index (χ3n) is 1.80. The highest BCUT2D eigenvalue weighted by Gasteiger charge is 1.92. The lowest BCUT2D eigenvalue weighted by Crippen LogP contribution is -1.92. The minimum absolute atomic E-state index is 0.0721. The van der Waals surface area contributed by atoms with Crippen molar-refractivity contribution in [3.63, 3.8) is 0 Å². The lowest BCUT2D eigenvalue weighted by atomic mass is 10.2. The van der Waals surface area contributed by atoms with Crippen molar-refractivity contribution in [3.05, 3.63) is 42.1 Å². The van der Waals surface area contributed by atoms with E-state index in [2.05, 4.69) is 24.4 Å². The smallest absolute Gasteiger partial charge is 0.118 e. The van der Waals surface area contributed by atoms with Crippen LogP contribution in [0.1, 0.15) is 5.56 Å². The van der Waals surface area contributed by atoms with Gasteiger partial charge in [0.25, 0.3) is 0 Å². The fourth-order valence-electron chi connectivity index (χ4n) is 1.06. The zero-order valence-corrected chi connectivity index (χ0v) is 8.83. The first-order valence-corrected chi connectivity index (χ1v) is 5.92. The lowest BCUT2D eigenvalue weighted by Gasteiger charge is -2.00. The molecule has 0 spiro atoms. The van der Waals surface area contributed by atoms with Crippen molar-refractivity contribution < 1.29 is 4.74 Å². The molecular weight excluding hydrogens is 164 g/mol. The van der Waals surface area contributed by atoms with Crippen molar-refractivity contribution >= 4 is 9.52 Å². The molecule has 0 heterocycles. The Kier molecular flexibility index (Phi) is 3.61. The van der Waals surface area contributed by atoms with Crippen molar-refractivity contribution in [1.82, 2.24) is 0 Å². The van der Waals surface area contributed by atoms with Crippen LogP contribution in [-0.4, -0.2) is 16.6 Å². The van der Waals surface area contributed by atoms with Crippen LogP contribution in [0.5, 0.6) is 5.75 Å². The van der Waals surface area contributed by atoms with Gasteiger partial charge in [0.2, 0.25) is 0 Å². The van der Waals surface area contributed by atoms with Gasteiger partial charge in [0.05, 0.1) is 7.11 Å². The number of hydrogen-bond donors (Lipinski definition) is 0. The van der Waals surface area contributed by atoms with Crippen LogP contribution in [0.2, 0.25) is 0 Å². The van der Waals surface area contributed by atoms with E-state index in [9.17, 15) is 0 Å². The van der Waals surface area contributed by atoms with Crippen molar-refractivity contribution in [1.29, 1.82) is 0 Å². The molecular formula is C10H14OSi. The molecule has 0 saturated carbocycles. The molecule has 1 aromatic carbocycles. The van der Waals surface area contributed by atoms with Gasteiger partial charge < -0.3 is 4.74 Å². The van der Waals surface area contributed by atoms with E-state index < -0.39 is 0 Å². The summed E-state index contributed by atoms with van der Waals surface area (Å²) in [5, 5.41) is 0. The summed E-state index contributed by atoms with van der Waals surface area (Å²) < 4.78 is 5.06. The minimum atomic E-state index is -0.0721. The zero-order chi connectivity index (χ0) is 8.81. The molecule has 0 amide bonds. The Morgan fingerprint density at radius 1 is 1.42 bits per heavy atom. The van der Waals surface area contributed by atoms with Gasteiger partial charge in [-0.3, -0.25) is 0 Å². The monoisotopic (exact) mass is 178 g/mol. The Labute approximate surface area is 75.9 Å². The highest BCUT2D eigenvalue weighted by atomic mass is 28.2. The van der Waals surface area contributed by atoms with Gasteiger partial charge in [-0.1, -0.05) is 17.7 Å². The summed E-state index contributed by atoms with van der Waals surface area (Å²) in [6.07, 6.45) is 0. The fraction of sp³-hybridized carbons (Fsp3) is 0.200. The van der Waals surface area contributed by atoms with Gasteiger partial charge in [0, 0.05) is 9.52 Å². The van der Waals surface area contributed by atoms with Gasteiger partial charge in [-0.2, -0.15) is 0 Å². The molecule has 0 unspecified atom stereocenters. The van der Waals surface area contributed by atoms with Crippen molar-refractivity contribution in [2.75, 3.05) is 7.11 Å². The maximum atomic E-state index is 5.06. The highest BCUT2D eigenvalue weighted by Crippen LogP contribution is 2.11. The van der Waals surface area contributed by atoms with Crippen LogP contribution in [0, 0.1) is 0 Å². The summed E-state index contributed by atoms with van der Waals surface area (Å²) in [5.74, 6) is 0.930. The largest absolute Gasteiger partial charge is 0.497 e. The normalized spacial score (nSPS) is 10.4. The van der Waals surface area contributed by atoms with Crippen LogP contribution >= 0.6 is 0 Å². The van der Waals surface area contributed by atoms with Gasteiger partial charge in [-0.15, -0.1) is 12.3 Å². The van der Waals surface area contributed by atoms with E-state index in [1.165, 1.54) is 11.6 Å². The van der Waals surface area contributed by atoms with Crippen LogP contribution in [0.15, 0.2) is 36.5 Å². The third-order valence-corrected chi connectivity index (χ3v) is 3.07. The molecule has 2 heteroatoms. The summed E-state index contributed by atoms with van der Waals surface area (Å²) >= 11 is 0. The molecule has 0 saturated heterocycles. The van der Waals surface area contributed by atoms with Crippen LogP contribution in [0.25, 0.3) is 0 Å². The zero-order valence-electron chi connectivity index (χ0n) is 7.42. The van der Waals surface area contributed by atoms with Crippen LogP contribution in [-0.2, 0) is 6.04 Å². The van der Waals surface area contributed by atoms with Crippen LogP contribution in [0.3, 0.4) is 0 Å². The molecule has 0 aliphatic carbocycles. The maximum absolute atomic E-state index is 5.06. The van der Waals surface area contributed by atoms with Crippen LogP contribution in [0.4, 0.5) is 0 Å². The predicted molar refractivity (Wildman–Crippen MR) is 55.4 cm³/mol. The number of benzene rings is 1. The Hall–Kier alpha value is -1.02. The fourth-order valence-corrected chi connectivity index (χ4v) is 1.93. The molecule has 1 nitrogen and oxygen atoms in total. The number of rotatable bonds is 4. The molecule has 0 aromatic heterocycles. The SMILES string of the molecule is C=C[SiH2]Cc1ccc(OC)cc1. The maximum Gasteiger partial charge on any atom is 0.118 e. The Morgan fingerprint density at radius 2 is 2.08 bits per heavy atom. The second-order valence-electron chi connectivity index (χ2n) is 2.68. The summed E-state index contributed by atoms with van der Waals surface area (Å²) in [6.45, 7) is 3.75. The first kappa shape index (κ1) is 9.07. The molecule has 0 bridgehead atoms. The van der Waals surface area contributed by atoms with E-state index in [4.69, 9.17) is 4.74 Å². The number of methoxy groups -OCH3 is 1. The summed E-state index contributed by atoms with van der Waals surface area (Å²) in [4.78, 5) is 0. The molecule has 0 N–H and O–H groups in total. The highest BCUT2D eigenvalue weighted by molar-refractivity contribution is 6.41. The van der Waals surface area contributed by atoms with E-state index in [1.54, 1.807) is 7.11 Å². The Balaban J connectivity index is 2.58. The average molecular weight is 178 g/mol. The number of hydrogen-bond acceptors (Lipinski definition) is 1. The van der Waals surface area contributed by atoms with Crippen LogP contribution < -0.4 is 4.74 Å². The molecule has 1 rings (SSSR count). The molecule has 0 aliphatic heterocycles. The topological polar surface area (TPSA) is 9.23 Å². The first-order chi connectivity index (χ1) is 5.86. The predicted octanol–water partition coefficient (Wildman–Crippen LogP) is 1.51. The quantitative estimate of drug-likeness (QED) is 0.635. The molecule has 1 aromatic rings. The van der Waals surface area contributed by atoms with Crippen molar-refractivity contribution in [2.45, 2.75) is 6.04 Å². The van der Waals surface area contributed by atoms with E-state index in [0.717, 1.165) is 5.75 Å².